The minimum atomic E-state index is 1.03. The third kappa shape index (κ3) is 10.8. The summed E-state index contributed by atoms with van der Waals surface area (Å²) in [6, 6.07) is 0. The fourth-order valence-electron chi connectivity index (χ4n) is 2.38. The van der Waals surface area contributed by atoms with Crippen molar-refractivity contribution in [3.8, 4) is 0 Å². The lowest BCUT2D eigenvalue weighted by atomic mass is 9.92. The largest absolute Gasteiger partial charge is 0.317 e. The number of hydrogen-bond acceptors (Lipinski definition) is 2. The van der Waals surface area contributed by atoms with Gasteiger partial charge in [-0.15, -0.1) is 0 Å². The molecule has 0 amide bonds. The van der Waals surface area contributed by atoms with E-state index in [1.165, 1.54) is 64.6 Å². The predicted octanol–water partition coefficient (Wildman–Crippen LogP) is 3.52. The van der Waals surface area contributed by atoms with Crippen molar-refractivity contribution in [1.29, 1.82) is 0 Å². The summed E-state index contributed by atoms with van der Waals surface area (Å²) < 4.78 is 0. The molecule has 0 saturated carbocycles. The van der Waals surface area contributed by atoms with E-state index in [0.29, 0.717) is 0 Å². The van der Waals surface area contributed by atoms with Gasteiger partial charge in [0.15, 0.2) is 0 Å². The maximum atomic E-state index is 3.43. The van der Waals surface area contributed by atoms with Gasteiger partial charge in [-0.2, -0.15) is 0 Å². The van der Waals surface area contributed by atoms with Gasteiger partial charge in [0.2, 0.25) is 0 Å². The van der Waals surface area contributed by atoms with Crippen LogP contribution in [0.1, 0.15) is 58.8 Å². The van der Waals surface area contributed by atoms with Gasteiger partial charge in [-0.1, -0.05) is 39.5 Å². The van der Waals surface area contributed by atoms with Crippen LogP contribution in [-0.2, 0) is 0 Å². The monoisotopic (exact) mass is 242 g/mol. The maximum Gasteiger partial charge on any atom is -0.00248 e. The highest BCUT2D eigenvalue weighted by Gasteiger charge is 2.11. The second-order valence-electron chi connectivity index (χ2n) is 5.20. The molecule has 1 aliphatic heterocycles. The van der Waals surface area contributed by atoms with Gasteiger partial charge in [-0.05, 0) is 58.9 Å². The van der Waals surface area contributed by atoms with E-state index in [4.69, 9.17) is 0 Å². The molecule has 2 heteroatoms. The molecule has 0 bridgehead atoms. The molecule has 0 spiro atoms. The van der Waals surface area contributed by atoms with Crippen molar-refractivity contribution < 1.29 is 0 Å². The standard InChI is InChI=1S/C13H28N2.C2H6/c1-15(2)12-6-4-3-5-7-13-8-10-14-11-9-13;1-2/h13-14H,3-12H2,1-2H3;1-2H3. The molecule has 0 aromatic carbocycles. The normalized spacial score (nSPS) is 16.8. The summed E-state index contributed by atoms with van der Waals surface area (Å²) in [7, 11) is 4.32. The Balaban J connectivity index is 0.00000121. The van der Waals surface area contributed by atoms with E-state index in [2.05, 4.69) is 24.3 Å². The molecule has 17 heavy (non-hydrogen) atoms. The number of hydrogen-bond donors (Lipinski definition) is 1. The second-order valence-corrected chi connectivity index (χ2v) is 5.20. The fourth-order valence-corrected chi connectivity index (χ4v) is 2.38. The van der Waals surface area contributed by atoms with Gasteiger partial charge in [0.25, 0.3) is 0 Å². The summed E-state index contributed by atoms with van der Waals surface area (Å²) in [5, 5.41) is 3.43. The summed E-state index contributed by atoms with van der Waals surface area (Å²) in [4.78, 5) is 2.28. The molecule has 0 aromatic heterocycles. The van der Waals surface area contributed by atoms with Gasteiger partial charge < -0.3 is 10.2 Å². The summed E-state index contributed by atoms with van der Waals surface area (Å²) in [5.74, 6) is 1.03. The molecule has 1 N–H and O–H groups in total. The van der Waals surface area contributed by atoms with Crippen molar-refractivity contribution in [3.63, 3.8) is 0 Å². The van der Waals surface area contributed by atoms with Crippen LogP contribution in [0, 0.1) is 5.92 Å². The lowest BCUT2D eigenvalue weighted by Gasteiger charge is -2.22. The number of nitrogens with zero attached hydrogens (tertiary/aromatic N) is 1. The third-order valence-electron chi connectivity index (χ3n) is 3.43. The minimum Gasteiger partial charge on any atom is -0.317 e. The smallest absolute Gasteiger partial charge is 0.00248 e. The molecule has 1 rings (SSSR count). The van der Waals surface area contributed by atoms with Crippen LogP contribution in [0.3, 0.4) is 0 Å². The minimum absolute atomic E-state index is 1.03. The summed E-state index contributed by atoms with van der Waals surface area (Å²) in [6.45, 7) is 7.77. The van der Waals surface area contributed by atoms with Crippen LogP contribution in [0.5, 0.6) is 0 Å². The number of unbranched alkanes of at least 4 members (excludes halogenated alkanes) is 3. The van der Waals surface area contributed by atoms with E-state index in [-0.39, 0.29) is 0 Å². The average molecular weight is 242 g/mol. The Bertz CT molecular complexity index is 140. The van der Waals surface area contributed by atoms with E-state index < -0.39 is 0 Å². The van der Waals surface area contributed by atoms with Gasteiger partial charge in [-0.25, -0.2) is 0 Å². The topological polar surface area (TPSA) is 15.3 Å². The first-order valence-corrected chi connectivity index (χ1v) is 7.64. The Morgan fingerprint density at radius 1 is 0.941 bits per heavy atom. The molecule has 2 nitrogen and oxygen atoms in total. The SMILES string of the molecule is CC.CN(C)CCCCCCC1CCNCC1. The van der Waals surface area contributed by atoms with Crippen LogP contribution in [0.2, 0.25) is 0 Å². The molecule has 0 atom stereocenters. The van der Waals surface area contributed by atoms with Crippen molar-refractivity contribution >= 4 is 0 Å². The Morgan fingerprint density at radius 3 is 2.12 bits per heavy atom. The predicted molar refractivity (Wildman–Crippen MR) is 78.6 cm³/mol. The molecule has 0 unspecified atom stereocenters. The van der Waals surface area contributed by atoms with E-state index >= 15 is 0 Å². The van der Waals surface area contributed by atoms with Crippen LogP contribution >= 0.6 is 0 Å². The van der Waals surface area contributed by atoms with Gasteiger partial charge >= 0.3 is 0 Å². The first kappa shape index (κ1) is 16.9. The molecule has 1 aliphatic rings. The summed E-state index contributed by atoms with van der Waals surface area (Å²) in [6.07, 6.45) is 10.00. The van der Waals surface area contributed by atoms with Crippen LogP contribution in [-0.4, -0.2) is 38.6 Å². The lowest BCUT2D eigenvalue weighted by molar-refractivity contribution is 0.338. The molecule has 0 aliphatic carbocycles. The zero-order valence-electron chi connectivity index (χ0n) is 12.6. The maximum absolute atomic E-state index is 3.43. The molecule has 1 saturated heterocycles. The molecule has 1 fully saturated rings. The van der Waals surface area contributed by atoms with Gasteiger partial charge in [-0.3, -0.25) is 0 Å². The summed E-state index contributed by atoms with van der Waals surface area (Å²) >= 11 is 0. The first-order chi connectivity index (χ1) is 8.29. The average Bonchev–Trinajstić information content (AvgIpc) is 2.37. The third-order valence-corrected chi connectivity index (χ3v) is 3.43. The number of nitrogens with one attached hydrogen (secondary N) is 1. The Kier molecular flexibility index (Phi) is 12.3. The Hall–Kier alpha value is -0.0800. The second kappa shape index (κ2) is 12.4. The Labute approximate surface area is 109 Å². The van der Waals surface area contributed by atoms with E-state index in [9.17, 15) is 0 Å². The van der Waals surface area contributed by atoms with E-state index in [1.54, 1.807) is 0 Å². The molecule has 0 radical (unpaired) electrons. The Morgan fingerprint density at radius 2 is 1.53 bits per heavy atom. The van der Waals surface area contributed by atoms with Crippen molar-refractivity contribution in [2.45, 2.75) is 58.8 Å². The van der Waals surface area contributed by atoms with Gasteiger partial charge in [0.1, 0.15) is 0 Å². The van der Waals surface area contributed by atoms with Crippen molar-refractivity contribution in [3.05, 3.63) is 0 Å². The molecule has 1 heterocycles. The van der Waals surface area contributed by atoms with E-state index in [0.717, 1.165) is 5.92 Å². The van der Waals surface area contributed by atoms with Crippen molar-refractivity contribution in [2.24, 2.45) is 5.92 Å². The molecule has 104 valence electrons. The molecular formula is C15H34N2. The van der Waals surface area contributed by atoms with E-state index in [1.807, 2.05) is 13.8 Å². The zero-order chi connectivity index (χ0) is 12.9. The highest BCUT2D eigenvalue weighted by Crippen LogP contribution is 2.19. The highest BCUT2D eigenvalue weighted by molar-refractivity contribution is 4.68. The van der Waals surface area contributed by atoms with Gasteiger partial charge in [0, 0.05) is 0 Å². The van der Waals surface area contributed by atoms with Crippen LogP contribution < -0.4 is 5.32 Å². The van der Waals surface area contributed by atoms with Crippen molar-refractivity contribution in [2.75, 3.05) is 33.7 Å². The number of rotatable bonds is 7. The van der Waals surface area contributed by atoms with Gasteiger partial charge in [0.05, 0.1) is 0 Å². The quantitative estimate of drug-likeness (QED) is 0.687. The zero-order valence-corrected chi connectivity index (χ0v) is 12.6. The van der Waals surface area contributed by atoms with Crippen molar-refractivity contribution in [1.82, 2.24) is 10.2 Å². The number of piperidine rings is 1. The fraction of sp³-hybridized carbons (Fsp3) is 1.00. The van der Waals surface area contributed by atoms with Crippen LogP contribution in [0.15, 0.2) is 0 Å². The highest BCUT2D eigenvalue weighted by atomic mass is 15.0. The lowest BCUT2D eigenvalue weighted by Crippen LogP contribution is -2.27. The molecule has 0 aromatic rings. The molecular weight excluding hydrogens is 208 g/mol. The van der Waals surface area contributed by atoms with Crippen LogP contribution in [0.4, 0.5) is 0 Å². The first-order valence-electron chi connectivity index (χ1n) is 7.64. The van der Waals surface area contributed by atoms with Crippen LogP contribution in [0.25, 0.3) is 0 Å². The summed E-state index contributed by atoms with van der Waals surface area (Å²) in [5.41, 5.74) is 0.